The van der Waals surface area contributed by atoms with Gasteiger partial charge in [-0.3, -0.25) is 9.69 Å². The smallest absolute Gasteiger partial charge is 0.314 e. The summed E-state index contributed by atoms with van der Waals surface area (Å²) in [6.45, 7) is 7.72. The van der Waals surface area contributed by atoms with Gasteiger partial charge in [0, 0.05) is 38.8 Å². The van der Waals surface area contributed by atoms with Crippen molar-refractivity contribution in [1.82, 2.24) is 4.90 Å². The van der Waals surface area contributed by atoms with Crippen LogP contribution in [0.25, 0.3) is 0 Å². The average molecular weight is 402 g/mol. The van der Waals surface area contributed by atoms with Gasteiger partial charge in [0.15, 0.2) is 0 Å². The van der Waals surface area contributed by atoms with E-state index in [-0.39, 0.29) is 0 Å². The molecule has 1 heterocycles. The number of aliphatic carboxylic acids is 1. The molecule has 0 bridgehead atoms. The predicted octanol–water partition coefficient (Wildman–Crippen LogP) is 4.43. The fourth-order valence-corrected chi connectivity index (χ4v) is 3.82. The van der Waals surface area contributed by atoms with Gasteiger partial charge in [-0.05, 0) is 36.1 Å². The number of hydrogen-bond donors (Lipinski definition) is 1. The molecule has 6 heteroatoms. The minimum atomic E-state index is -0.737. The standard InChI is InChI=1S/C21H22F2N2O2.C2H6/c22-17-5-6-19(18(23)13-17)25-11-9-24(10-12-25)14-15-1-3-16(4-2-15)21(7-8-21)20(26)27;1-2/h1-6,13H,7-12,14H2,(H,26,27);1-2H3. The highest BCUT2D eigenvalue weighted by molar-refractivity contribution is 5.84. The number of hydrogen-bond acceptors (Lipinski definition) is 3. The van der Waals surface area contributed by atoms with Crippen LogP contribution >= 0.6 is 0 Å². The third-order valence-electron chi connectivity index (χ3n) is 5.69. The number of carboxylic acids is 1. The number of piperazine rings is 1. The van der Waals surface area contributed by atoms with Crippen LogP contribution < -0.4 is 4.90 Å². The number of carboxylic acid groups (broad SMARTS) is 1. The minimum absolute atomic E-state index is 0.448. The van der Waals surface area contributed by atoms with Crippen molar-refractivity contribution in [2.75, 3.05) is 31.1 Å². The quantitative estimate of drug-likeness (QED) is 0.804. The zero-order chi connectivity index (χ0) is 21.0. The molecule has 0 amide bonds. The van der Waals surface area contributed by atoms with E-state index in [2.05, 4.69) is 4.90 Å². The predicted molar refractivity (Wildman–Crippen MR) is 110 cm³/mol. The van der Waals surface area contributed by atoms with E-state index < -0.39 is 23.0 Å². The normalized spacial score (nSPS) is 18.0. The van der Waals surface area contributed by atoms with E-state index >= 15 is 0 Å². The van der Waals surface area contributed by atoms with Crippen LogP contribution in [0.5, 0.6) is 0 Å². The lowest BCUT2D eigenvalue weighted by Crippen LogP contribution is -2.46. The molecule has 4 nitrogen and oxygen atoms in total. The Morgan fingerprint density at radius 2 is 1.62 bits per heavy atom. The van der Waals surface area contributed by atoms with Crippen LogP contribution in [-0.2, 0) is 16.8 Å². The van der Waals surface area contributed by atoms with Crippen LogP contribution in [0.4, 0.5) is 14.5 Å². The van der Waals surface area contributed by atoms with E-state index in [4.69, 9.17) is 0 Å². The van der Waals surface area contributed by atoms with Crippen LogP contribution in [0.2, 0.25) is 0 Å². The zero-order valence-corrected chi connectivity index (χ0v) is 17.0. The van der Waals surface area contributed by atoms with Crippen LogP contribution in [0.1, 0.15) is 37.8 Å². The van der Waals surface area contributed by atoms with E-state index in [9.17, 15) is 18.7 Å². The van der Waals surface area contributed by atoms with Gasteiger partial charge in [0.25, 0.3) is 0 Å². The molecule has 29 heavy (non-hydrogen) atoms. The molecule has 0 spiro atoms. The number of nitrogens with zero attached hydrogens (tertiary/aromatic N) is 2. The van der Waals surface area contributed by atoms with Crippen molar-refractivity contribution in [1.29, 1.82) is 0 Å². The molecule has 2 aromatic rings. The Kier molecular flexibility index (Phi) is 6.52. The molecule has 0 atom stereocenters. The van der Waals surface area contributed by atoms with E-state index in [0.29, 0.717) is 31.6 Å². The summed E-state index contributed by atoms with van der Waals surface area (Å²) in [5.74, 6) is -1.82. The summed E-state index contributed by atoms with van der Waals surface area (Å²) in [5.41, 5.74) is 1.81. The molecule has 4 rings (SSSR count). The van der Waals surface area contributed by atoms with Crippen molar-refractivity contribution in [3.63, 3.8) is 0 Å². The number of carbonyl (C=O) groups is 1. The molecule has 156 valence electrons. The van der Waals surface area contributed by atoms with Crippen molar-refractivity contribution in [2.24, 2.45) is 0 Å². The zero-order valence-electron chi connectivity index (χ0n) is 17.0. The second kappa shape index (κ2) is 8.91. The molecule has 0 unspecified atom stereocenters. The first-order chi connectivity index (χ1) is 14.0. The molecule has 2 aliphatic rings. The van der Waals surface area contributed by atoms with Gasteiger partial charge in [-0.2, -0.15) is 0 Å². The second-order valence-electron chi connectivity index (χ2n) is 7.44. The first-order valence-electron chi connectivity index (χ1n) is 10.2. The van der Waals surface area contributed by atoms with Crippen molar-refractivity contribution in [3.05, 3.63) is 65.2 Å². The lowest BCUT2D eigenvalue weighted by Gasteiger charge is -2.36. The number of anilines is 1. The molecule has 2 fully saturated rings. The summed E-state index contributed by atoms with van der Waals surface area (Å²) < 4.78 is 27.0. The molecule has 1 saturated carbocycles. The average Bonchev–Trinajstić information content (AvgIpc) is 3.53. The third-order valence-corrected chi connectivity index (χ3v) is 5.69. The highest BCUT2D eigenvalue weighted by Gasteiger charge is 2.51. The number of halogens is 2. The Morgan fingerprint density at radius 3 is 2.14 bits per heavy atom. The van der Waals surface area contributed by atoms with E-state index in [1.807, 2.05) is 43.0 Å². The fourth-order valence-electron chi connectivity index (χ4n) is 3.82. The SMILES string of the molecule is CC.O=C(O)C1(c2ccc(CN3CCN(c4ccc(F)cc4F)CC3)cc2)CC1. The highest BCUT2D eigenvalue weighted by atomic mass is 19.1. The number of benzene rings is 2. The molecule has 0 aromatic heterocycles. The van der Waals surface area contributed by atoms with Gasteiger partial charge in [0.2, 0.25) is 0 Å². The molecule has 1 aliphatic carbocycles. The molecule has 2 aromatic carbocycles. The first-order valence-corrected chi connectivity index (χ1v) is 10.2. The Labute approximate surface area is 170 Å². The lowest BCUT2D eigenvalue weighted by molar-refractivity contribution is -0.140. The first kappa shape index (κ1) is 21.2. The summed E-state index contributed by atoms with van der Waals surface area (Å²) in [6.07, 6.45) is 1.42. The fraction of sp³-hybridized carbons (Fsp3) is 0.435. The summed E-state index contributed by atoms with van der Waals surface area (Å²) in [7, 11) is 0. The Balaban J connectivity index is 0.00000117. The molecule has 0 radical (unpaired) electrons. The van der Waals surface area contributed by atoms with Crippen LogP contribution in [-0.4, -0.2) is 42.2 Å². The van der Waals surface area contributed by atoms with E-state index in [0.717, 1.165) is 36.8 Å². The van der Waals surface area contributed by atoms with Crippen molar-refractivity contribution < 1.29 is 18.7 Å². The number of rotatable bonds is 5. The van der Waals surface area contributed by atoms with Crippen LogP contribution in [0, 0.1) is 11.6 Å². The maximum absolute atomic E-state index is 13.9. The van der Waals surface area contributed by atoms with Gasteiger partial charge in [-0.1, -0.05) is 38.1 Å². The summed E-state index contributed by atoms with van der Waals surface area (Å²) in [6, 6.07) is 11.6. The topological polar surface area (TPSA) is 43.8 Å². The van der Waals surface area contributed by atoms with Gasteiger partial charge in [0.1, 0.15) is 11.6 Å². The molecule has 1 N–H and O–H groups in total. The van der Waals surface area contributed by atoms with Gasteiger partial charge in [-0.15, -0.1) is 0 Å². The summed E-state index contributed by atoms with van der Waals surface area (Å²) in [5, 5.41) is 9.38. The Bertz CT molecular complexity index is 842. The van der Waals surface area contributed by atoms with Crippen molar-refractivity contribution >= 4 is 11.7 Å². The molecular weight excluding hydrogens is 374 g/mol. The summed E-state index contributed by atoms with van der Waals surface area (Å²) >= 11 is 0. The van der Waals surface area contributed by atoms with Crippen molar-refractivity contribution in [2.45, 2.75) is 38.6 Å². The van der Waals surface area contributed by atoms with Crippen LogP contribution in [0.3, 0.4) is 0 Å². The monoisotopic (exact) mass is 402 g/mol. The maximum Gasteiger partial charge on any atom is 0.314 e. The highest BCUT2D eigenvalue weighted by Crippen LogP contribution is 2.48. The molecular formula is C23H28F2N2O2. The molecule has 1 aliphatic heterocycles. The lowest BCUT2D eigenvalue weighted by atomic mass is 9.95. The summed E-state index contributed by atoms with van der Waals surface area (Å²) in [4.78, 5) is 15.6. The second-order valence-corrected chi connectivity index (χ2v) is 7.44. The van der Waals surface area contributed by atoms with Gasteiger partial charge in [-0.25, -0.2) is 8.78 Å². The van der Waals surface area contributed by atoms with Gasteiger partial charge in [0.05, 0.1) is 11.1 Å². The molecule has 1 saturated heterocycles. The minimum Gasteiger partial charge on any atom is -0.481 e. The van der Waals surface area contributed by atoms with E-state index in [1.54, 1.807) is 0 Å². The van der Waals surface area contributed by atoms with Crippen molar-refractivity contribution in [3.8, 4) is 0 Å². The van der Waals surface area contributed by atoms with Crippen LogP contribution in [0.15, 0.2) is 42.5 Å². The van der Waals surface area contributed by atoms with Gasteiger partial charge >= 0.3 is 5.97 Å². The van der Waals surface area contributed by atoms with E-state index in [1.165, 1.54) is 12.1 Å². The van der Waals surface area contributed by atoms with Gasteiger partial charge < -0.3 is 10.0 Å². The largest absolute Gasteiger partial charge is 0.481 e. The third kappa shape index (κ3) is 4.58. The Hall–Kier alpha value is -2.47. The Morgan fingerprint density at radius 1 is 1.00 bits per heavy atom. The maximum atomic E-state index is 13.9.